The quantitative estimate of drug-likeness (QED) is 0.545. The molecule has 5 aliphatic rings. The van der Waals surface area contributed by atoms with Gasteiger partial charge >= 0.3 is 0 Å². The first kappa shape index (κ1) is 11.1. The zero-order valence-corrected chi connectivity index (χ0v) is 11.1. The largest absolute Gasteiger partial charge is 0.0622 e. The summed E-state index contributed by atoms with van der Waals surface area (Å²) < 4.78 is 0. The minimum Gasteiger partial charge on any atom is -0.0622 e. The molecule has 0 radical (unpaired) electrons. The van der Waals surface area contributed by atoms with Crippen molar-refractivity contribution in [3.63, 3.8) is 0 Å². The van der Waals surface area contributed by atoms with E-state index in [1.165, 1.54) is 19.3 Å². The second-order valence-electron chi connectivity index (χ2n) is 7.20. The molecule has 5 fully saturated rings. The van der Waals surface area contributed by atoms with E-state index >= 15 is 0 Å². The first-order valence-corrected chi connectivity index (χ1v) is 7.74. The van der Waals surface area contributed by atoms with Crippen molar-refractivity contribution >= 4 is 0 Å². The number of fused-ring (bicyclic) bond motifs is 4. The van der Waals surface area contributed by atoms with Crippen LogP contribution in [0.4, 0.5) is 0 Å². The van der Waals surface area contributed by atoms with Crippen molar-refractivity contribution in [3.8, 4) is 0 Å². The molecule has 0 heteroatoms. The maximum absolute atomic E-state index is 2.43. The first-order valence-electron chi connectivity index (χ1n) is 7.74. The third-order valence-corrected chi connectivity index (χ3v) is 6.33. The molecule has 0 amide bonds. The predicted octanol–water partition coefficient (Wildman–Crippen LogP) is 4.89. The Balaban J connectivity index is 0.000000101. The molecule has 5 unspecified atom stereocenters. The molecule has 0 aromatic carbocycles. The van der Waals surface area contributed by atoms with Gasteiger partial charge in [0.15, 0.2) is 0 Å². The first-order chi connectivity index (χ1) is 7.74. The molecule has 16 heavy (non-hydrogen) atoms. The lowest BCUT2D eigenvalue weighted by atomic mass is 9.58. The van der Waals surface area contributed by atoms with Gasteiger partial charge in [-0.2, -0.15) is 0 Å². The fourth-order valence-corrected chi connectivity index (χ4v) is 4.97. The third kappa shape index (κ3) is 1.93. The van der Waals surface area contributed by atoms with E-state index in [4.69, 9.17) is 0 Å². The maximum Gasteiger partial charge on any atom is -0.0383 e. The lowest BCUT2D eigenvalue weighted by Crippen LogP contribution is -2.38. The van der Waals surface area contributed by atoms with Gasteiger partial charge in [-0.1, -0.05) is 39.5 Å². The van der Waals surface area contributed by atoms with Crippen LogP contribution in [-0.2, 0) is 0 Å². The molecule has 5 saturated carbocycles. The summed E-state index contributed by atoms with van der Waals surface area (Å²) in [6.07, 6.45) is 12.4. The summed E-state index contributed by atoms with van der Waals surface area (Å²) in [6, 6.07) is 0. The topological polar surface area (TPSA) is 0 Å². The summed E-state index contributed by atoms with van der Waals surface area (Å²) in [5.74, 6) is 6.76. The normalized spacial score (nSPS) is 52.9. The highest BCUT2D eigenvalue weighted by Crippen LogP contribution is 2.50. The molecule has 0 N–H and O–H groups in total. The zero-order valence-electron chi connectivity index (χ0n) is 11.1. The number of hydrogen-bond acceptors (Lipinski definition) is 0. The Hall–Kier alpha value is 0. The van der Waals surface area contributed by atoms with Crippen molar-refractivity contribution in [2.75, 3.05) is 0 Å². The summed E-state index contributed by atoms with van der Waals surface area (Å²) in [4.78, 5) is 0. The van der Waals surface area contributed by atoms with Crippen molar-refractivity contribution in [1.82, 2.24) is 0 Å². The summed E-state index contributed by atoms with van der Waals surface area (Å²) >= 11 is 0. The van der Waals surface area contributed by atoms with E-state index < -0.39 is 0 Å². The fourth-order valence-electron chi connectivity index (χ4n) is 4.97. The van der Waals surface area contributed by atoms with Gasteiger partial charge in [-0.05, 0) is 61.2 Å². The van der Waals surface area contributed by atoms with Crippen LogP contribution >= 0.6 is 0 Å². The number of hydrogen-bond donors (Lipinski definition) is 0. The van der Waals surface area contributed by atoms with Crippen LogP contribution in [-0.4, -0.2) is 0 Å². The fraction of sp³-hybridized carbons (Fsp3) is 1.00. The molecule has 0 aromatic rings. The van der Waals surface area contributed by atoms with E-state index in [0.717, 1.165) is 35.5 Å². The Bertz CT molecular complexity index is 228. The van der Waals surface area contributed by atoms with Gasteiger partial charge < -0.3 is 0 Å². The van der Waals surface area contributed by atoms with E-state index in [1.54, 1.807) is 32.1 Å². The molecule has 0 saturated heterocycles. The molecule has 92 valence electrons. The third-order valence-electron chi connectivity index (χ3n) is 6.33. The monoisotopic (exact) mass is 220 g/mol. The van der Waals surface area contributed by atoms with E-state index in [-0.39, 0.29) is 0 Å². The van der Waals surface area contributed by atoms with Crippen LogP contribution < -0.4 is 0 Å². The van der Waals surface area contributed by atoms with E-state index in [0.29, 0.717) is 0 Å². The molecular weight excluding hydrogens is 192 g/mol. The highest BCUT2D eigenvalue weighted by Gasteiger charge is 2.39. The van der Waals surface area contributed by atoms with Crippen LogP contribution in [0.5, 0.6) is 0 Å². The Kier molecular flexibility index (Phi) is 3.02. The average molecular weight is 220 g/mol. The minimum atomic E-state index is 1.08. The molecule has 0 nitrogen and oxygen atoms in total. The van der Waals surface area contributed by atoms with Crippen molar-refractivity contribution in [1.29, 1.82) is 0 Å². The highest BCUT2D eigenvalue weighted by atomic mass is 14.4. The molecule has 5 rings (SSSR count). The molecule has 5 aliphatic carbocycles. The van der Waals surface area contributed by atoms with Gasteiger partial charge in [-0.25, -0.2) is 0 Å². The van der Waals surface area contributed by atoms with Gasteiger partial charge in [-0.15, -0.1) is 0 Å². The van der Waals surface area contributed by atoms with Gasteiger partial charge in [0, 0.05) is 0 Å². The highest BCUT2D eigenvalue weighted by molar-refractivity contribution is 4.90. The van der Waals surface area contributed by atoms with Crippen LogP contribution in [0.3, 0.4) is 0 Å². The summed E-state index contributed by atoms with van der Waals surface area (Å²) in [5, 5.41) is 0. The molecule has 0 aromatic heterocycles. The van der Waals surface area contributed by atoms with Crippen LogP contribution in [0, 0.1) is 35.5 Å². The van der Waals surface area contributed by atoms with Crippen LogP contribution in [0.15, 0.2) is 0 Å². The molecule has 0 heterocycles. The van der Waals surface area contributed by atoms with Gasteiger partial charge in [0.25, 0.3) is 0 Å². The van der Waals surface area contributed by atoms with Gasteiger partial charge in [0.2, 0.25) is 0 Å². The van der Waals surface area contributed by atoms with Crippen LogP contribution in [0.25, 0.3) is 0 Å². The van der Waals surface area contributed by atoms with Crippen molar-refractivity contribution < 1.29 is 0 Å². The van der Waals surface area contributed by atoms with Crippen LogP contribution in [0.1, 0.15) is 65.2 Å². The smallest absolute Gasteiger partial charge is 0.0383 e. The second-order valence-corrected chi connectivity index (χ2v) is 7.20. The van der Waals surface area contributed by atoms with Gasteiger partial charge in [0.05, 0.1) is 0 Å². The molecule has 0 spiro atoms. The summed E-state index contributed by atoms with van der Waals surface area (Å²) in [7, 11) is 0. The Labute approximate surface area is 101 Å². The molecule has 5 atom stereocenters. The molecular formula is C16H28. The predicted molar refractivity (Wildman–Crippen MR) is 69.2 cm³/mol. The lowest BCUT2D eigenvalue weighted by Gasteiger charge is -2.47. The second kappa shape index (κ2) is 4.35. The molecule has 4 bridgehead atoms. The van der Waals surface area contributed by atoms with Gasteiger partial charge in [0.1, 0.15) is 0 Å². The van der Waals surface area contributed by atoms with E-state index in [9.17, 15) is 0 Å². The average Bonchev–Trinajstić information content (AvgIpc) is 2.91. The van der Waals surface area contributed by atoms with Crippen molar-refractivity contribution in [2.45, 2.75) is 65.2 Å². The Morgan fingerprint density at radius 1 is 0.688 bits per heavy atom. The lowest BCUT2D eigenvalue weighted by molar-refractivity contribution is 0.0284. The maximum atomic E-state index is 2.43. The Morgan fingerprint density at radius 2 is 1.44 bits per heavy atom. The minimum absolute atomic E-state index is 1.08. The van der Waals surface area contributed by atoms with Crippen molar-refractivity contribution in [2.24, 2.45) is 35.5 Å². The standard InChI is InChI=1S/2C8H14/c1-6-4-7-2-3-8(6)5-7;1-6-7-3-2-4-8(6)5-7/h2*6-8H,2-5H2,1H3. The molecule has 0 aliphatic heterocycles. The van der Waals surface area contributed by atoms with E-state index in [2.05, 4.69) is 13.8 Å². The van der Waals surface area contributed by atoms with Crippen LogP contribution in [0.2, 0.25) is 0 Å². The van der Waals surface area contributed by atoms with Gasteiger partial charge in [-0.3, -0.25) is 0 Å². The number of rotatable bonds is 0. The SMILES string of the molecule is CC1C2CCCC1C2.CC1CC2CCC1C2. The summed E-state index contributed by atoms with van der Waals surface area (Å²) in [5.41, 5.74) is 0. The van der Waals surface area contributed by atoms with E-state index in [1.807, 2.05) is 0 Å². The zero-order chi connectivity index (χ0) is 11.1. The van der Waals surface area contributed by atoms with Crippen molar-refractivity contribution in [3.05, 3.63) is 0 Å². The summed E-state index contributed by atoms with van der Waals surface area (Å²) in [6.45, 7) is 4.85. The Morgan fingerprint density at radius 3 is 1.69 bits per heavy atom.